The number of methoxy groups -OCH3 is 1. The van der Waals surface area contributed by atoms with Crippen molar-refractivity contribution in [3.63, 3.8) is 0 Å². The molecule has 1 heterocycles. The van der Waals surface area contributed by atoms with E-state index in [2.05, 4.69) is 0 Å². The Balaban J connectivity index is 2.07. The van der Waals surface area contributed by atoms with Gasteiger partial charge in [-0.2, -0.15) is 0 Å². The molecule has 0 amide bonds. The number of benzene rings is 1. The van der Waals surface area contributed by atoms with Crippen molar-refractivity contribution in [2.24, 2.45) is 5.92 Å². The van der Waals surface area contributed by atoms with Crippen LogP contribution in [0.2, 0.25) is 0 Å². The Bertz CT molecular complexity index is 610. The van der Waals surface area contributed by atoms with Gasteiger partial charge in [0.05, 0.1) is 19.8 Å². The molecule has 4 heteroatoms. The standard InChI is InChI=1S/C15H16O4/c1-18-13-5-4-10(11-6-7-19-15(11)13)12(8-14(16)17)9-2-3-9/h4-7,9,12H,2-3,8H2,1H3,(H,16,17). The van der Waals surface area contributed by atoms with Gasteiger partial charge >= 0.3 is 5.97 Å². The largest absolute Gasteiger partial charge is 0.493 e. The number of carboxylic acid groups (broad SMARTS) is 1. The maximum absolute atomic E-state index is 11.1. The lowest BCUT2D eigenvalue weighted by Gasteiger charge is -2.16. The second kappa shape index (κ2) is 4.61. The van der Waals surface area contributed by atoms with Crippen LogP contribution in [0.1, 0.15) is 30.7 Å². The second-order valence-electron chi connectivity index (χ2n) is 5.06. The highest BCUT2D eigenvalue weighted by Gasteiger charge is 2.35. The monoisotopic (exact) mass is 260 g/mol. The zero-order valence-electron chi connectivity index (χ0n) is 10.8. The van der Waals surface area contributed by atoms with E-state index in [1.165, 1.54) is 0 Å². The third-order valence-electron chi connectivity index (χ3n) is 3.82. The fourth-order valence-corrected chi connectivity index (χ4v) is 2.76. The molecule has 1 atom stereocenters. The summed E-state index contributed by atoms with van der Waals surface area (Å²) in [5, 5.41) is 10.1. The van der Waals surface area contributed by atoms with E-state index < -0.39 is 5.97 Å². The molecule has 0 aliphatic heterocycles. The summed E-state index contributed by atoms with van der Waals surface area (Å²) in [5.74, 6) is 0.504. The lowest BCUT2D eigenvalue weighted by Crippen LogP contribution is -2.08. The number of furan rings is 1. The van der Waals surface area contributed by atoms with Gasteiger partial charge in [-0.1, -0.05) is 6.07 Å². The molecule has 0 radical (unpaired) electrons. The summed E-state index contributed by atoms with van der Waals surface area (Å²) in [5.41, 5.74) is 1.77. The Hall–Kier alpha value is -1.97. The van der Waals surface area contributed by atoms with Gasteiger partial charge in [0.1, 0.15) is 0 Å². The van der Waals surface area contributed by atoms with E-state index >= 15 is 0 Å². The van der Waals surface area contributed by atoms with Crippen molar-refractivity contribution in [3.8, 4) is 5.75 Å². The molecule has 4 nitrogen and oxygen atoms in total. The fourth-order valence-electron chi connectivity index (χ4n) is 2.76. The lowest BCUT2D eigenvalue weighted by atomic mass is 9.89. The molecule has 1 unspecified atom stereocenters. The fraction of sp³-hybridized carbons (Fsp3) is 0.400. The Kier molecular flexibility index (Phi) is 2.93. The van der Waals surface area contributed by atoms with E-state index in [9.17, 15) is 4.79 Å². The first-order valence-corrected chi connectivity index (χ1v) is 6.46. The average Bonchev–Trinajstić information content (AvgIpc) is 3.11. The Morgan fingerprint density at radius 2 is 2.26 bits per heavy atom. The summed E-state index contributed by atoms with van der Waals surface area (Å²) in [6.07, 6.45) is 4.03. The number of aliphatic carboxylic acids is 1. The van der Waals surface area contributed by atoms with Crippen LogP contribution >= 0.6 is 0 Å². The molecule has 1 aliphatic carbocycles. The van der Waals surface area contributed by atoms with Crippen LogP contribution in [0.25, 0.3) is 11.0 Å². The highest BCUT2D eigenvalue weighted by molar-refractivity contribution is 5.87. The number of rotatable bonds is 5. The minimum Gasteiger partial charge on any atom is -0.493 e. The van der Waals surface area contributed by atoms with Gasteiger partial charge in [-0.25, -0.2) is 0 Å². The van der Waals surface area contributed by atoms with Crippen LogP contribution < -0.4 is 4.74 Å². The number of ether oxygens (including phenoxy) is 1. The van der Waals surface area contributed by atoms with Crippen LogP contribution in [0, 0.1) is 5.92 Å². The van der Waals surface area contributed by atoms with E-state index in [-0.39, 0.29) is 12.3 Å². The van der Waals surface area contributed by atoms with E-state index in [4.69, 9.17) is 14.3 Å². The topological polar surface area (TPSA) is 59.7 Å². The Morgan fingerprint density at radius 3 is 2.89 bits per heavy atom. The first-order valence-electron chi connectivity index (χ1n) is 6.46. The third-order valence-corrected chi connectivity index (χ3v) is 3.82. The molecular weight excluding hydrogens is 244 g/mol. The van der Waals surface area contributed by atoms with Crippen LogP contribution in [0.5, 0.6) is 5.75 Å². The van der Waals surface area contributed by atoms with Crippen LogP contribution in [-0.4, -0.2) is 18.2 Å². The van der Waals surface area contributed by atoms with Gasteiger partial charge in [0.2, 0.25) is 0 Å². The van der Waals surface area contributed by atoms with Crippen molar-refractivity contribution in [2.45, 2.75) is 25.2 Å². The summed E-state index contributed by atoms with van der Waals surface area (Å²) >= 11 is 0. The van der Waals surface area contributed by atoms with Gasteiger partial charge < -0.3 is 14.3 Å². The van der Waals surface area contributed by atoms with E-state index in [0.717, 1.165) is 23.8 Å². The average molecular weight is 260 g/mol. The highest BCUT2D eigenvalue weighted by Crippen LogP contribution is 2.47. The van der Waals surface area contributed by atoms with Crippen molar-refractivity contribution in [3.05, 3.63) is 30.0 Å². The van der Waals surface area contributed by atoms with E-state index in [0.29, 0.717) is 17.3 Å². The molecule has 0 spiro atoms. The molecule has 3 rings (SSSR count). The van der Waals surface area contributed by atoms with Crippen LogP contribution in [0.3, 0.4) is 0 Å². The van der Waals surface area contributed by atoms with E-state index in [1.54, 1.807) is 13.4 Å². The van der Waals surface area contributed by atoms with Gasteiger partial charge in [0.25, 0.3) is 0 Å². The molecule has 1 fully saturated rings. The predicted octanol–water partition coefficient (Wildman–Crippen LogP) is 3.41. The highest BCUT2D eigenvalue weighted by atomic mass is 16.5. The van der Waals surface area contributed by atoms with Crippen LogP contribution in [-0.2, 0) is 4.79 Å². The Labute approximate surface area is 111 Å². The molecule has 100 valence electrons. The summed E-state index contributed by atoms with van der Waals surface area (Å²) in [4.78, 5) is 11.1. The molecule has 1 aromatic heterocycles. The molecule has 0 bridgehead atoms. The smallest absolute Gasteiger partial charge is 0.303 e. The number of carboxylic acids is 1. The lowest BCUT2D eigenvalue weighted by molar-refractivity contribution is -0.137. The van der Waals surface area contributed by atoms with Gasteiger partial charge in [-0.3, -0.25) is 4.79 Å². The summed E-state index contributed by atoms with van der Waals surface area (Å²) < 4.78 is 10.7. The summed E-state index contributed by atoms with van der Waals surface area (Å²) in [6.45, 7) is 0. The minimum atomic E-state index is -0.746. The van der Waals surface area contributed by atoms with Crippen LogP contribution in [0.4, 0.5) is 0 Å². The third kappa shape index (κ3) is 2.18. The first kappa shape index (κ1) is 12.1. The Morgan fingerprint density at radius 1 is 1.47 bits per heavy atom. The van der Waals surface area contributed by atoms with E-state index in [1.807, 2.05) is 18.2 Å². The van der Waals surface area contributed by atoms with Crippen molar-refractivity contribution in [2.75, 3.05) is 7.11 Å². The van der Waals surface area contributed by atoms with Gasteiger partial charge in [0, 0.05) is 5.39 Å². The molecule has 0 saturated heterocycles. The molecular formula is C15H16O4. The van der Waals surface area contributed by atoms with Gasteiger partial charge in [-0.15, -0.1) is 0 Å². The molecule has 1 saturated carbocycles. The quantitative estimate of drug-likeness (QED) is 0.895. The van der Waals surface area contributed by atoms with Crippen molar-refractivity contribution in [1.29, 1.82) is 0 Å². The van der Waals surface area contributed by atoms with Gasteiger partial charge in [0.15, 0.2) is 11.3 Å². The molecule has 2 aromatic rings. The summed E-state index contributed by atoms with van der Waals surface area (Å²) in [7, 11) is 1.60. The normalized spacial score (nSPS) is 16.5. The predicted molar refractivity (Wildman–Crippen MR) is 70.5 cm³/mol. The second-order valence-corrected chi connectivity index (χ2v) is 5.06. The zero-order chi connectivity index (χ0) is 13.4. The number of hydrogen-bond donors (Lipinski definition) is 1. The van der Waals surface area contributed by atoms with Gasteiger partial charge in [-0.05, 0) is 42.4 Å². The SMILES string of the molecule is COc1ccc(C(CC(=O)O)C2CC2)c2ccoc12. The number of hydrogen-bond acceptors (Lipinski definition) is 3. The van der Waals surface area contributed by atoms with Crippen molar-refractivity contribution >= 4 is 16.9 Å². The number of fused-ring (bicyclic) bond motifs is 1. The molecule has 19 heavy (non-hydrogen) atoms. The van der Waals surface area contributed by atoms with Crippen molar-refractivity contribution in [1.82, 2.24) is 0 Å². The minimum absolute atomic E-state index is 0.0727. The maximum Gasteiger partial charge on any atom is 0.303 e. The van der Waals surface area contributed by atoms with Crippen LogP contribution in [0.15, 0.2) is 28.9 Å². The first-order chi connectivity index (χ1) is 9.20. The zero-order valence-corrected chi connectivity index (χ0v) is 10.8. The summed E-state index contributed by atoms with van der Waals surface area (Å²) in [6, 6.07) is 5.73. The molecule has 1 aromatic carbocycles. The van der Waals surface area contributed by atoms with Crippen molar-refractivity contribution < 1.29 is 19.1 Å². The maximum atomic E-state index is 11.1. The molecule has 1 N–H and O–H groups in total. The number of carbonyl (C=O) groups is 1. The molecule has 1 aliphatic rings.